The molecule has 7 heteroatoms. The standard InChI is InChI=1S/C11H11BrN2O2S2/c1-7-6-10(17-11(7)12)18(15,16)14-9-4-3-5-13-8(9)2/h3-6,14H,1-2H3. The topological polar surface area (TPSA) is 59.1 Å². The zero-order valence-corrected chi connectivity index (χ0v) is 13.0. The summed E-state index contributed by atoms with van der Waals surface area (Å²) in [5, 5.41) is 0. The first-order valence-corrected chi connectivity index (χ1v) is 8.20. The second kappa shape index (κ2) is 4.99. The Labute approximate surface area is 118 Å². The summed E-state index contributed by atoms with van der Waals surface area (Å²) in [5.41, 5.74) is 2.05. The molecule has 18 heavy (non-hydrogen) atoms. The SMILES string of the molecule is Cc1cc(S(=O)(=O)Nc2cccnc2C)sc1Br. The molecule has 0 saturated carbocycles. The summed E-state index contributed by atoms with van der Waals surface area (Å²) in [6, 6.07) is 5.03. The number of aromatic nitrogens is 1. The molecule has 0 aliphatic rings. The maximum atomic E-state index is 12.2. The van der Waals surface area contributed by atoms with E-state index in [0.717, 1.165) is 9.35 Å². The van der Waals surface area contributed by atoms with Crippen LogP contribution >= 0.6 is 27.3 Å². The van der Waals surface area contributed by atoms with Gasteiger partial charge in [0.1, 0.15) is 4.21 Å². The molecule has 2 aromatic heterocycles. The van der Waals surface area contributed by atoms with Crippen LogP contribution in [0.4, 0.5) is 5.69 Å². The first-order chi connectivity index (χ1) is 8.40. The van der Waals surface area contributed by atoms with Gasteiger partial charge in [0.25, 0.3) is 10.0 Å². The maximum Gasteiger partial charge on any atom is 0.271 e. The van der Waals surface area contributed by atoms with E-state index in [2.05, 4.69) is 25.6 Å². The average Bonchev–Trinajstić information content (AvgIpc) is 2.63. The summed E-state index contributed by atoms with van der Waals surface area (Å²) in [4.78, 5) is 4.05. The molecule has 96 valence electrons. The lowest BCUT2D eigenvalue weighted by atomic mass is 10.3. The summed E-state index contributed by atoms with van der Waals surface area (Å²) < 4.78 is 28.0. The summed E-state index contributed by atoms with van der Waals surface area (Å²) in [6.07, 6.45) is 1.62. The van der Waals surface area contributed by atoms with E-state index in [4.69, 9.17) is 0 Å². The summed E-state index contributed by atoms with van der Waals surface area (Å²) in [7, 11) is -3.54. The molecule has 2 aromatic rings. The number of nitrogens with zero attached hydrogens (tertiary/aromatic N) is 1. The van der Waals surface area contributed by atoms with Gasteiger partial charge < -0.3 is 0 Å². The molecule has 0 radical (unpaired) electrons. The van der Waals surface area contributed by atoms with E-state index in [-0.39, 0.29) is 4.21 Å². The molecule has 0 bridgehead atoms. The van der Waals surface area contributed by atoms with Crippen LogP contribution in [-0.4, -0.2) is 13.4 Å². The minimum Gasteiger partial charge on any atom is -0.277 e. The Morgan fingerprint density at radius 1 is 1.39 bits per heavy atom. The fourth-order valence-electron chi connectivity index (χ4n) is 1.35. The van der Waals surface area contributed by atoms with Gasteiger partial charge in [0.15, 0.2) is 0 Å². The Bertz CT molecular complexity index is 661. The summed E-state index contributed by atoms with van der Waals surface area (Å²) >= 11 is 4.51. The van der Waals surface area contributed by atoms with Crippen molar-refractivity contribution in [2.75, 3.05) is 4.72 Å². The van der Waals surface area contributed by atoms with Crippen molar-refractivity contribution in [2.45, 2.75) is 18.1 Å². The quantitative estimate of drug-likeness (QED) is 0.927. The number of hydrogen-bond acceptors (Lipinski definition) is 4. The molecule has 0 aliphatic heterocycles. The molecule has 2 heterocycles. The van der Waals surface area contributed by atoms with Crippen LogP contribution in [0.15, 0.2) is 32.4 Å². The zero-order chi connectivity index (χ0) is 13.3. The number of rotatable bonds is 3. The van der Waals surface area contributed by atoms with Crippen molar-refractivity contribution in [3.8, 4) is 0 Å². The van der Waals surface area contributed by atoms with Crippen molar-refractivity contribution in [3.63, 3.8) is 0 Å². The lowest BCUT2D eigenvalue weighted by Gasteiger charge is -2.07. The summed E-state index contributed by atoms with van der Waals surface area (Å²) in [6.45, 7) is 3.61. The van der Waals surface area contributed by atoms with E-state index >= 15 is 0 Å². The third-order valence-corrected chi connectivity index (χ3v) is 6.33. The van der Waals surface area contributed by atoms with Crippen LogP contribution in [-0.2, 0) is 10.0 Å². The Morgan fingerprint density at radius 2 is 2.11 bits per heavy atom. The van der Waals surface area contributed by atoms with Crippen LogP contribution < -0.4 is 4.72 Å². The van der Waals surface area contributed by atoms with Crippen molar-refractivity contribution in [1.29, 1.82) is 0 Å². The summed E-state index contributed by atoms with van der Waals surface area (Å²) in [5.74, 6) is 0. The minimum atomic E-state index is -3.54. The van der Waals surface area contributed by atoms with E-state index in [9.17, 15) is 8.42 Å². The number of thiophene rings is 1. The molecule has 0 aromatic carbocycles. The molecule has 0 aliphatic carbocycles. The number of pyridine rings is 1. The van der Waals surface area contributed by atoms with Crippen LogP contribution in [0.3, 0.4) is 0 Å². The molecule has 0 saturated heterocycles. The van der Waals surface area contributed by atoms with Crippen LogP contribution in [0, 0.1) is 13.8 Å². The van der Waals surface area contributed by atoms with Gasteiger partial charge in [-0.2, -0.15) is 0 Å². The van der Waals surface area contributed by atoms with Gasteiger partial charge in [0.05, 0.1) is 15.2 Å². The van der Waals surface area contributed by atoms with Crippen molar-refractivity contribution in [2.24, 2.45) is 0 Å². The van der Waals surface area contributed by atoms with Gasteiger partial charge >= 0.3 is 0 Å². The maximum absolute atomic E-state index is 12.2. The molecular formula is C11H11BrN2O2S2. The number of sulfonamides is 1. The van der Waals surface area contributed by atoms with Gasteiger partial charge in [0.2, 0.25) is 0 Å². The lowest BCUT2D eigenvalue weighted by Crippen LogP contribution is -2.12. The second-order valence-corrected chi connectivity index (χ2v) is 8.04. The number of hydrogen-bond donors (Lipinski definition) is 1. The molecule has 0 atom stereocenters. The van der Waals surface area contributed by atoms with Crippen molar-refractivity contribution in [1.82, 2.24) is 4.98 Å². The molecule has 1 N–H and O–H groups in total. The van der Waals surface area contributed by atoms with E-state index < -0.39 is 10.0 Å². The Hall–Kier alpha value is -0.920. The van der Waals surface area contributed by atoms with E-state index in [1.807, 2.05) is 6.92 Å². The van der Waals surface area contributed by atoms with Gasteiger partial charge in [-0.15, -0.1) is 11.3 Å². The van der Waals surface area contributed by atoms with Gasteiger partial charge in [-0.25, -0.2) is 8.42 Å². The predicted molar refractivity (Wildman–Crippen MR) is 76.5 cm³/mol. The molecule has 2 rings (SSSR count). The van der Waals surface area contributed by atoms with E-state index in [0.29, 0.717) is 11.4 Å². The Morgan fingerprint density at radius 3 is 2.67 bits per heavy atom. The second-order valence-electron chi connectivity index (χ2n) is 3.76. The fourth-order valence-corrected chi connectivity index (χ4v) is 4.69. The van der Waals surface area contributed by atoms with Crippen molar-refractivity contribution in [3.05, 3.63) is 39.4 Å². The molecule has 0 fully saturated rings. The highest BCUT2D eigenvalue weighted by molar-refractivity contribution is 9.11. The molecule has 0 spiro atoms. The number of anilines is 1. The third kappa shape index (κ3) is 2.73. The van der Waals surface area contributed by atoms with Crippen molar-refractivity contribution >= 4 is 43.0 Å². The van der Waals surface area contributed by atoms with Crippen LogP contribution in [0.2, 0.25) is 0 Å². The highest BCUT2D eigenvalue weighted by Crippen LogP contribution is 2.31. The van der Waals surface area contributed by atoms with Crippen molar-refractivity contribution < 1.29 is 8.42 Å². The van der Waals surface area contributed by atoms with Crippen LogP contribution in [0.25, 0.3) is 0 Å². The minimum absolute atomic E-state index is 0.287. The van der Waals surface area contributed by atoms with Crippen LogP contribution in [0.1, 0.15) is 11.3 Å². The normalized spacial score (nSPS) is 11.5. The molecule has 4 nitrogen and oxygen atoms in total. The average molecular weight is 347 g/mol. The van der Waals surface area contributed by atoms with Gasteiger partial charge in [-0.3, -0.25) is 9.71 Å². The predicted octanol–water partition coefficient (Wildman–Crippen LogP) is 3.32. The fraction of sp³-hybridized carbons (Fsp3) is 0.182. The highest BCUT2D eigenvalue weighted by atomic mass is 79.9. The molecule has 0 unspecified atom stereocenters. The molecular weight excluding hydrogens is 336 g/mol. The van der Waals surface area contributed by atoms with E-state index in [1.165, 1.54) is 11.3 Å². The number of nitrogens with one attached hydrogen (secondary N) is 1. The Balaban J connectivity index is 2.36. The van der Waals surface area contributed by atoms with Gasteiger partial charge in [0, 0.05) is 6.20 Å². The lowest BCUT2D eigenvalue weighted by molar-refractivity contribution is 0.603. The monoisotopic (exact) mass is 346 g/mol. The first kappa shape index (κ1) is 13.5. The Kier molecular flexibility index (Phi) is 3.74. The number of aryl methyl sites for hydroxylation is 2. The number of halogens is 1. The third-order valence-electron chi connectivity index (χ3n) is 2.35. The first-order valence-electron chi connectivity index (χ1n) is 5.10. The smallest absolute Gasteiger partial charge is 0.271 e. The van der Waals surface area contributed by atoms with Gasteiger partial charge in [-0.1, -0.05) is 0 Å². The zero-order valence-electron chi connectivity index (χ0n) is 9.77. The highest BCUT2D eigenvalue weighted by Gasteiger charge is 2.19. The van der Waals surface area contributed by atoms with Gasteiger partial charge in [-0.05, 0) is 53.5 Å². The van der Waals surface area contributed by atoms with Crippen LogP contribution in [0.5, 0.6) is 0 Å². The molecule has 0 amide bonds. The largest absolute Gasteiger partial charge is 0.277 e. The van der Waals surface area contributed by atoms with E-state index in [1.54, 1.807) is 31.3 Å².